The van der Waals surface area contributed by atoms with E-state index in [1.807, 2.05) is 18.6 Å². The minimum Gasteiger partial charge on any atom is -0.486 e. The van der Waals surface area contributed by atoms with E-state index in [-0.39, 0.29) is 0 Å². The molecule has 4 nitrogen and oxygen atoms in total. The van der Waals surface area contributed by atoms with Crippen molar-refractivity contribution >= 4 is 15.9 Å². The van der Waals surface area contributed by atoms with Crippen LogP contribution in [0, 0.1) is 0 Å². The number of aryl methyl sites for hydroxylation is 1. The van der Waals surface area contributed by atoms with Gasteiger partial charge in [-0.2, -0.15) is 0 Å². The summed E-state index contributed by atoms with van der Waals surface area (Å²) in [7, 11) is 0. The van der Waals surface area contributed by atoms with Crippen LogP contribution in [-0.4, -0.2) is 15.6 Å². The van der Waals surface area contributed by atoms with Crippen LogP contribution in [0.15, 0.2) is 35.2 Å². The van der Waals surface area contributed by atoms with Crippen LogP contribution in [0.1, 0.15) is 31.0 Å². The Labute approximate surface area is 133 Å². The van der Waals surface area contributed by atoms with Crippen LogP contribution < -0.4 is 10.1 Å². The highest BCUT2D eigenvalue weighted by atomic mass is 79.9. The number of nitrogens with one attached hydrogen (secondary N) is 1. The summed E-state index contributed by atoms with van der Waals surface area (Å²) in [6, 6.07) is 6.88. The molecule has 1 saturated carbocycles. The molecule has 0 amide bonds. The van der Waals surface area contributed by atoms with Crippen molar-refractivity contribution in [3.8, 4) is 5.75 Å². The van der Waals surface area contributed by atoms with Crippen LogP contribution in [0.5, 0.6) is 5.75 Å². The lowest BCUT2D eigenvalue weighted by molar-refractivity contribution is 0.289. The van der Waals surface area contributed by atoms with Crippen molar-refractivity contribution in [2.45, 2.75) is 45.5 Å². The molecule has 1 fully saturated rings. The SMILES string of the molecule is CCn1cncc1COc1c(Br)cccc1CNC1CC1. The molecule has 112 valence electrons. The molecule has 1 aromatic carbocycles. The molecule has 2 aromatic rings. The summed E-state index contributed by atoms with van der Waals surface area (Å²) in [6.07, 6.45) is 6.29. The number of aromatic nitrogens is 2. The summed E-state index contributed by atoms with van der Waals surface area (Å²) in [5, 5.41) is 3.54. The van der Waals surface area contributed by atoms with Gasteiger partial charge in [-0.05, 0) is 41.8 Å². The maximum absolute atomic E-state index is 6.06. The first-order chi connectivity index (χ1) is 10.3. The summed E-state index contributed by atoms with van der Waals surface area (Å²) in [6.45, 7) is 4.40. The van der Waals surface area contributed by atoms with Crippen molar-refractivity contribution in [3.63, 3.8) is 0 Å². The van der Waals surface area contributed by atoms with Gasteiger partial charge in [0.05, 0.1) is 22.7 Å². The highest BCUT2D eigenvalue weighted by Crippen LogP contribution is 2.30. The normalized spacial score (nSPS) is 14.4. The van der Waals surface area contributed by atoms with E-state index < -0.39 is 0 Å². The van der Waals surface area contributed by atoms with E-state index in [1.165, 1.54) is 18.4 Å². The van der Waals surface area contributed by atoms with Crippen LogP contribution in [0.4, 0.5) is 0 Å². The molecule has 1 heterocycles. The lowest BCUT2D eigenvalue weighted by Gasteiger charge is -2.14. The maximum atomic E-state index is 6.06. The smallest absolute Gasteiger partial charge is 0.138 e. The van der Waals surface area contributed by atoms with E-state index in [2.05, 4.69) is 49.9 Å². The minimum absolute atomic E-state index is 0.535. The summed E-state index contributed by atoms with van der Waals surface area (Å²) in [4.78, 5) is 4.18. The average molecular weight is 350 g/mol. The molecule has 0 aliphatic heterocycles. The van der Waals surface area contributed by atoms with E-state index in [0.717, 1.165) is 29.0 Å². The summed E-state index contributed by atoms with van der Waals surface area (Å²) in [5.41, 5.74) is 2.29. The van der Waals surface area contributed by atoms with E-state index in [4.69, 9.17) is 4.74 Å². The van der Waals surface area contributed by atoms with Crippen molar-refractivity contribution < 1.29 is 4.74 Å². The van der Waals surface area contributed by atoms with Crippen molar-refractivity contribution in [2.24, 2.45) is 0 Å². The van der Waals surface area contributed by atoms with Crippen molar-refractivity contribution in [3.05, 3.63) is 46.5 Å². The zero-order valence-corrected chi connectivity index (χ0v) is 13.8. The molecule has 0 unspecified atom stereocenters. The van der Waals surface area contributed by atoms with Crippen LogP contribution >= 0.6 is 15.9 Å². The van der Waals surface area contributed by atoms with E-state index in [0.29, 0.717) is 12.6 Å². The van der Waals surface area contributed by atoms with Crippen molar-refractivity contribution in [1.82, 2.24) is 14.9 Å². The van der Waals surface area contributed by atoms with Crippen molar-refractivity contribution in [2.75, 3.05) is 0 Å². The van der Waals surface area contributed by atoms with Crippen molar-refractivity contribution in [1.29, 1.82) is 0 Å². The van der Waals surface area contributed by atoms with Gasteiger partial charge >= 0.3 is 0 Å². The zero-order valence-electron chi connectivity index (χ0n) is 12.2. The molecule has 0 saturated heterocycles. The first kappa shape index (κ1) is 14.6. The summed E-state index contributed by atoms with van der Waals surface area (Å²) in [5.74, 6) is 0.925. The summed E-state index contributed by atoms with van der Waals surface area (Å²) < 4.78 is 9.16. The Hall–Kier alpha value is -1.33. The van der Waals surface area contributed by atoms with Gasteiger partial charge in [0.2, 0.25) is 0 Å². The number of hydrogen-bond acceptors (Lipinski definition) is 3. The van der Waals surface area contributed by atoms with Gasteiger partial charge < -0.3 is 14.6 Å². The third-order valence-electron chi connectivity index (χ3n) is 3.71. The highest BCUT2D eigenvalue weighted by molar-refractivity contribution is 9.10. The molecule has 0 radical (unpaired) electrons. The summed E-state index contributed by atoms with van der Waals surface area (Å²) >= 11 is 3.59. The van der Waals surface area contributed by atoms with Gasteiger partial charge in [-0.25, -0.2) is 4.98 Å². The Bertz CT molecular complexity index is 607. The molecular formula is C16H20BrN3O. The van der Waals surface area contributed by atoms with Crippen LogP contribution in [0.25, 0.3) is 0 Å². The molecule has 1 N–H and O–H groups in total. The van der Waals surface area contributed by atoms with Gasteiger partial charge in [0.1, 0.15) is 12.4 Å². The van der Waals surface area contributed by atoms with E-state index >= 15 is 0 Å². The number of hydrogen-bond donors (Lipinski definition) is 1. The van der Waals surface area contributed by atoms with Crippen LogP contribution in [0.2, 0.25) is 0 Å². The second kappa shape index (κ2) is 6.62. The number of rotatable bonds is 7. The van der Waals surface area contributed by atoms with Gasteiger partial charge in [0.15, 0.2) is 0 Å². The Kier molecular flexibility index (Phi) is 4.60. The van der Waals surface area contributed by atoms with Gasteiger partial charge in [-0.3, -0.25) is 0 Å². The lowest BCUT2D eigenvalue weighted by atomic mass is 10.2. The van der Waals surface area contributed by atoms with Gasteiger partial charge in [0, 0.05) is 24.7 Å². The molecular weight excluding hydrogens is 330 g/mol. The van der Waals surface area contributed by atoms with Gasteiger partial charge in [-0.15, -0.1) is 0 Å². The molecule has 0 spiro atoms. The topological polar surface area (TPSA) is 39.1 Å². The predicted octanol–water partition coefficient (Wildman–Crippen LogP) is 3.50. The largest absolute Gasteiger partial charge is 0.486 e. The predicted molar refractivity (Wildman–Crippen MR) is 86.2 cm³/mol. The number of para-hydroxylation sites is 1. The van der Waals surface area contributed by atoms with Gasteiger partial charge in [0.25, 0.3) is 0 Å². The average Bonchev–Trinajstić information content (AvgIpc) is 3.21. The molecule has 0 atom stereocenters. The molecule has 3 rings (SSSR count). The zero-order chi connectivity index (χ0) is 14.7. The molecule has 1 aliphatic carbocycles. The Balaban J connectivity index is 1.70. The van der Waals surface area contributed by atoms with Gasteiger partial charge in [-0.1, -0.05) is 12.1 Å². The highest BCUT2D eigenvalue weighted by Gasteiger charge is 2.21. The third-order valence-corrected chi connectivity index (χ3v) is 4.34. The molecule has 5 heteroatoms. The monoisotopic (exact) mass is 349 g/mol. The second-order valence-electron chi connectivity index (χ2n) is 5.34. The fourth-order valence-electron chi connectivity index (χ4n) is 2.30. The molecule has 21 heavy (non-hydrogen) atoms. The fraction of sp³-hybridized carbons (Fsp3) is 0.438. The fourth-order valence-corrected chi connectivity index (χ4v) is 2.82. The molecule has 0 bridgehead atoms. The first-order valence-electron chi connectivity index (χ1n) is 7.40. The Morgan fingerprint density at radius 1 is 1.43 bits per heavy atom. The maximum Gasteiger partial charge on any atom is 0.138 e. The van der Waals surface area contributed by atoms with Crippen LogP contribution in [-0.2, 0) is 19.7 Å². The van der Waals surface area contributed by atoms with Crippen LogP contribution in [0.3, 0.4) is 0 Å². The Morgan fingerprint density at radius 2 is 2.29 bits per heavy atom. The number of ether oxygens (including phenoxy) is 1. The second-order valence-corrected chi connectivity index (χ2v) is 6.20. The minimum atomic E-state index is 0.535. The quantitative estimate of drug-likeness (QED) is 0.831. The standard InChI is InChI=1S/C16H20BrN3O/c1-2-20-11-18-9-14(20)10-21-16-12(4-3-5-15(16)17)8-19-13-6-7-13/h3-5,9,11,13,19H,2,6-8,10H2,1H3. The lowest BCUT2D eigenvalue weighted by Crippen LogP contribution is -2.16. The van der Waals surface area contributed by atoms with E-state index in [1.54, 1.807) is 0 Å². The number of halogens is 1. The first-order valence-corrected chi connectivity index (χ1v) is 8.19. The third kappa shape index (κ3) is 3.66. The molecule has 1 aliphatic rings. The number of nitrogens with zero attached hydrogens (tertiary/aromatic N) is 2. The number of imidazole rings is 1. The number of benzene rings is 1. The Morgan fingerprint density at radius 3 is 3.05 bits per heavy atom. The van der Waals surface area contributed by atoms with E-state index in [9.17, 15) is 0 Å². The molecule has 1 aromatic heterocycles.